The first-order chi connectivity index (χ1) is 10.3. The Kier molecular flexibility index (Phi) is 12.3. The first-order valence-electron chi connectivity index (χ1n) is 9.51. The van der Waals surface area contributed by atoms with Crippen LogP contribution in [0.5, 0.6) is 0 Å². The minimum absolute atomic E-state index is 0.333. The minimum atomic E-state index is 0.333. The van der Waals surface area contributed by atoms with Crippen molar-refractivity contribution < 1.29 is 9.84 Å². The molecule has 0 aromatic rings. The van der Waals surface area contributed by atoms with Crippen molar-refractivity contribution in [3.8, 4) is 0 Å². The highest BCUT2D eigenvalue weighted by atomic mass is 16.5. The van der Waals surface area contributed by atoms with Crippen LogP contribution in [0.15, 0.2) is 0 Å². The molecule has 0 aliphatic carbocycles. The standard InChI is InChI=1S/C20H42O2/c1-6-19(2,3)13-8-11-17-22-18-12-9-15-20(4,5)14-7-10-16-21/h21H,6-18H2,1-5H3. The molecule has 0 aromatic heterocycles. The first kappa shape index (κ1) is 21.9. The SMILES string of the molecule is CCC(C)(C)CCCCOCCCCC(C)(C)CCCCO. The van der Waals surface area contributed by atoms with Crippen LogP contribution in [-0.2, 0) is 4.74 Å². The van der Waals surface area contributed by atoms with Gasteiger partial charge in [-0.25, -0.2) is 0 Å². The van der Waals surface area contributed by atoms with Gasteiger partial charge in [0.15, 0.2) is 0 Å². The smallest absolute Gasteiger partial charge is 0.0466 e. The van der Waals surface area contributed by atoms with Crippen LogP contribution in [0.2, 0.25) is 0 Å². The number of ether oxygens (including phenoxy) is 1. The quantitative estimate of drug-likeness (QED) is 0.377. The molecule has 0 unspecified atom stereocenters. The molecule has 0 aliphatic heterocycles. The summed E-state index contributed by atoms with van der Waals surface area (Å²) < 4.78 is 5.76. The predicted octanol–water partition coefficient (Wildman–Crippen LogP) is 5.97. The molecule has 0 saturated heterocycles. The summed E-state index contributed by atoms with van der Waals surface area (Å²) in [6, 6.07) is 0. The number of rotatable bonds is 15. The monoisotopic (exact) mass is 314 g/mol. The van der Waals surface area contributed by atoms with Gasteiger partial charge in [0.05, 0.1) is 0 Å². The van der Waals surface area contributed by atoms with Gasteiger partial charge in [0.25, 0.3) is 0 Å². The Morgan fingerprint density at radius 2 is 1.14 bits per heavy atom. The average Bonchev–Trinajstić information content (AvgIpc) is 2.45. The summed E-state index contributed by atoms with van der Waals surface area (Å²) in [6.07, 6.45) is 12.1. The van der Waals surface area contributed by atoms with Crippen LogP contribution in [0.1, 0.15) is 98.8 Å². The van der Waals surface area contributed by atoms with E-state index in [1.807, 2.05) is 0 Å². The van der Waals surface area contributed by atoms with Crippen molar-refractivity contribution in [3.05, 3.63) is 0 Å². The highest BCUT2D eigenvalue weighted by Crippen LogP contribution is 2.29. The lowest BCUT2D eigenvalue weighted by molar-refractivity contribution is 0.119. The Balaban J connectivity index is 3.39. The third-order valence-electron chi connectivity index (χ3n) is 5.00. The van der Waals surface area contributed by atoms with Crippen LogP contribution in [0.3, 0.4) is 0 Å². The third kappa shape index (κ3) is 13.6. The lowest BCUT2D eigenvalue weighted by Crippen LogP contribution is -2.12. The number of unbranched alkanes of at least 4 members (excludes halogenated alkanes) is 3. The van der Waals surface area contributed by atoms with Gasteiger partial charge in [-0.1, -0.05) is 60.3 Å². The molecule has 0 heterocycles. The van der Waals surface area contributed by atoms with Crippen molar-refractivity contribution in [1.82, 2.24) is 0 Å². The number of hydrogen-bond acceptors (Lipinski definition) is 2. The molecule has 0 fully saturated rings. The van der Waals surface area contributed by atoms with Gasteiger partial charge in [-0.2, -0.15) is 0 Å². The average molecular weight is 315 g/mol. The summed E-state index contributed by atoms with van der Waals surface area (Å²) in [6.45, 7) is 13.9. The normalized spacial score (nSPS) is 12.8. The fraction of sp³-hybridized carbons (Fsp3) is 1.00. The highest BCUT2D eigenvalue weighted by Gasteiger charge is 2.16. The third-order valence-corrected chi connectivity index (χ3v) is 5.00. The van der Waals surface area contributed by atoms with E-state index in [1.165, 1.54) is 51.4 Å². The van der Waals surface area contributed by atoms with E-state index in [1.54, 1.807) is 0 Å². The molecule has 1 N–H and O–H groups in total. The van der Waals surface area contributed by atoms with Crippen molar-refractivity contribution in [1.29, 1.82) is 0 Å². The Morgan fingerprint density at radius 1 is 0.682 bits per heavy atom. The number of aliphatic hydroxyl groups excluding tert-OH is 1. The van der Waals surface area contributed by atoms with Crippen LogP contribution in [0.4, 0.5) is 0 Å². The maximum atomic E-state index is 8.84. The molecule has 0 spiro atoms. The number of aliphatic hydroxyl groups is 1. The predicted molar refractivity (Wildman–Crippen MR) is 97.3 cm³/mol. The Bertz CT molecular complexity index is 246. The van der Waals surface area contributed by atoms with Gasteiger partial charge < -0.3 is 9.84 Å². The van der Waals surface area contributed by atoms with Crippen LogP contribution in [-0.4, -0.2) is 24.9 Å². The van der Waals surface area contributed by atoms with Gasteiger partial charge in [-0.3, -0.25) is 0 Å². The molecule has 0 radical (unpaired) electrons. The molecular formula is C20H42O2. The topological polar surface area (TPSA) is 29.5 Å². The molecule has 0 aliphatic rings. The van der Waals surface area contributed by atoms with E-state index in [2.05, 4.69) is 34.6 Å². The zero-order chi connectivity index (χ0) is 16.9. The fourth-order valence-electron chi connectivity index (χ4n) is 2.73. The van der Waals surface area contributed by atoms with Crippen LogP contribution < -0.4 is 0 Å². The molecule has 2 nitrogen and oxygen atoms in total. The Morgan fingerprint density at radius 3 is 1.59 bits per heavy atom. The molecule has 2 heteroatoms. The molecule has 0 saturated carbocycles. The van der Waals surface area contributed by atoms with Crippen LogP contribution in [0, 0.1) is 10.8 Å². The van der Waals surface area contributed by atoms with Crippen LogP contribution in [0.25, 0.3) is 0 Å². The maximum absolute atomic E-state index is 8.84. The Hall–Kier alpha value is -0.0800. The lowest BCUT2D eigenvalue weighted by Gasteiger charge is -2.24. The number of hydrogen-bond donors (Lipinski definition) is 1. The van der Waals surface area contributed by atoms with E-state index in [4.69, 9.17) is 9.84 Å². The van der Waals surface area contributed by atoms with Gasteiger partial charge >= 0.3 is 0 Å². The largest absolute Gasteiger partial charge is 0.396 e. The van der Waals surface area contributed by atoms with Crippen molar-refractivity contribution >= 4 is 0 Å². The van der Waals surface area contributed by atoms with Crippen molar-refractivity contribution in [2.24, 2.45) is 10.8 Å². The molecule has 0 atom stereocenters. The van der Waals surface area contributed by atoms with E-state index >= 15 is 0 Å². The summed E-state index contributed by atoms with van der Waals surface area (Å²) in [5, 5.41) is 8.84. The fourth-order valence-corrected chi connectivity index (χ4v) is 2.73. The highest BCUT2D eigenvalue weighted by molar-refractivity contribution is 4.68. The second-order valence-corrected chi connectivity index (χ2v) is 8.39. The molecule has 0 rings (SSSR count). The second-order valence-electron chi connectivity index (χ2n) is 8.39. The van der Waals surface area contributed by atoms with Crippen molar-refractivity contribution in [2.45, 2.75) is 98.8 Å². The van der Waals surface area contributed by atoms with Gasteiger partial charge in [0, 0.05) is 19.8 Å². The summed E-state index contributed by atoms with van der Waals surface area (Å²) >= 11 is 0. The summed E-state index contributed by atoms with van der Waals surface area (Å²) in [7, 11) is 0. The summed E-state index contributed by atoms with van der Waals surface area (Å²) in [4.78, 5) is 0. The molecular weight excluding hydrogens is 272 g/mol. The molecule has 0 amide bonds. The van der Waals surface area contributed by atoms with E-state index in [9.17, 15) is 0 Å². The molecule has 0 aromatic carbocycles. The summed E-state index contributed by atoms with van der Waals surface area (Å²) in [5.74, 6) is 0. The van der Waals surface area contributed by atoms with Gasteiger partial charge in [-0.15, -0.1) is 0 Å². The zero-order valence-corrected chi connectivity index (χ0v) is 16.0. The lowest BCUT2D eigenvalue weighted by atomic mass is 9.82. The van der Waals surface area contributed by atoms with Gasteiger partial charge in [-0.05, 0) is 49.4 Å². The first-order valence-corrected chi connectivity index (χ1v) is 9.51. The van der Waals surface area contributed by atoms with E-state index in [-0.39, 0.29) is 0 Å². The van der Waals surface area contributed by atoms with Crippen LogP contribution >= 0.6 is 0 Å². The second kappa shape index (κ2) is 12.4. The maximum Gasteiger partial charge on any atom is 0.0466 e. The summed E-state index contributed by atoms with van der Waals surface area (Å²) in [5.41, 5.74) is 0.919. The van der Waals surface area contributed by atoms with Crippen molar-refractivity contribution in [3.63, 3.8) is 0 Å². The van der Waals surface area contributed by atoms with E-state index in [0.717, 1.165) is 26.1 Å². The van der Waals surface area contributed by atoms with Gasteiger partial charge in [0.2, 0.25) is 0 Å². The van der Waals surface area contributed by atoms with E-state index < -0.39 is 0 Å². The molecule has 0 bridgehead atoms. The Labute approximate surface area is 140 Å². The molecule has 134 valence electrons. The van der Waals surface area contributed by atoms with Crippen molar-refractivity contribution in [2.75, 3.05) is 19.8 Å². The molecule has 22 heavy (non-hydrogen) atoms. The zero-order valence-electron chi connectivity index (χ0n) is 16.0. The van der Waals surface area contributed by atoms with E-state index in [0.29, 0.717) is 17.4 Å². The van der Waals surface area contributed by atoms with Gasteiger partial charge in [0.1, 0.15) is 0 Å². The minimum Gasteiger partial charge on any atom is -0.396 e.